The highest BCUT2D eigenvalue weighted by molar-refractivity contribution is 4.87. The van der Waals surface area contributed by atoms with Crippen LogP contribution >= 0.6 is 0 Å². The Morgan fingerprint density at radius 1 is 1.29 bits per heavy atom. The van der Waals surface area contributed by atoms with Gasteiger partial charge in [0.25, 0.3) is 0 Å². The highest BCUT2D eigenvalue weighted by atomic mass is 16.7. The number of nitrogens with zero attached hydrogens (tertiary/aromatic N) is 3. The van der Waals surface area contributed by atoms with Gasteiger partial charge in [0.2, 0.25) is 0 Å². The molecule has 1 aliphatic rings. The highest BCUT2D eigenvalue weighted by Gasteiger charge is 2.42. The molecule has 8 nitrogen and oxygen atoms in total. The first-order valence-corrected chi connectivity index (χ1v) is 5.40. The van der Waals surface area contributed by atoms with Crippen molar-refractivity contribution in [1.82, 2.24) is 0 Å². The lowest BCUT2D eigenvalue weighted by Gasteiger charge is -2.38. The molecule has 0 aromatic heterocycles. The van der Waals surface area contributed by atoms with Gasteiger partial charge in [0, 0.05) is 18.1 Å². The van der Waals surface area contributed by atoms with Crippen molar-refractivity contribution in [1.29, 1.82) is 0 Å². The van der Waals surface area contributed by atoms with Gasteiger partial charge in [0.15, 0.2) is 6.29 Å². The van der Waals surface area contributed by atoms with Crippen LogP contribution in [-0.2, 0) is 9.47 Å². The molecule has 0 spiro atoms. The van der Waals surface area contributed by atoms with Crippen LogP contribution in [0.15, 0.2) is 5.11 Å². The maximum absolute atomic E-state index is 9.59. The molecule has 1 rings (SSSR count). The van der Waals surface area contributed by atoms with E-state index in [9.17, 15) is 15.3 Å². The Hall–Kier alpha value is -0.890. The first kappa shape index (κ1) is 14.2. The summed E-state index contributed by atoms with van der Waals surface area (Å²) in [6.07, 6.45) is -4.82. The number of ether oxygens (including phenoxy) is 2. The Labute approximate surface area is 98.4 Å². The Kier molecular flexibility index (Phi) is 5.63. The molecule has 0 bridgehead atoms. The monoisotopic (exact) mass is 247 g/mol. The van der Waals surface area contributed by atoms with Gasteiger partial charge in [0.05, 0.1) is 6.10 Å². The molecule has 98 valence electrons. The summed E-state index contributed by atoms with van der Waals surface area (Å²) < 4.78 is 10.4. The van der Waals surface area contributed by atoms with Gasteiger partial charge in [-0.2, -0.15) is 0 Å². The fourth-order valence-electron chi connectivity index (χ4n) is 1.53. The third-order valence-corrected chi connectivity index (χ3v) is 2.56. The average molecular weight is 247 g/mol. The van der Waals surface area contributed by atoms with E-state index in [0.717, 1.165) is 0 Å². The third-order valence-electron chi connectivity index (χ3n) is 2.56. The lowest BCUT2D eigenvalue weighted by Crippen LogP contribution is -2.57. The smallest absolute Gasteiger partial charge is 0.186 e. The van der Waals surface area contributed by atoms with Crippen LogP contribution in [0, 0.1) is 0 Å². The second kappa shape index (κ2) is 6.75. The summed E-state index contributed by atoms with van der Waals surface area (Å²) in [5.74, 6) is 0. The van der Waals surface area contributed by atoms with Crippen molar-refractivity contribution in [3.8, 4) is 0 Å². The van der Waals surface area contributed by atoms with E-state index >= 15 is 0 Å². The van der Waals surface area contributed by atoms with Crippen LogP contribution in [0.1, 0.15) is 13.3 Å². The van der Waals surface area contributed by atoms with Gasteiger partial charge in [-0.3, -0.25) is 0 Å². The Balaban J connectivity index is 2.35. The standard InChI is InChI=1S/C9H17N3O5/c1-5-6(13)7(14)8(15)9(17-5)16-4-2-3-11-12-10/h5-9,13-15H,2-4H2,1H3/t5?,6-,7-,8?,9+/m0/s1. The molecule has 5 atom stereocenters. The predicted molar refractivity (Wildman–Crippen MR) is 56.9 cm³/mol. The molecule has 3 N–H and O–H groups in total. The lowest BCUT2D eigenvalue weighted by atomic mass is 10.0. The van der Waals surface area contributed by atoms with Crippen LogP contribution < -0.4 is 0 Å². The number of rotatable bonds is 5. The fraction of sp³-hybridized carbons (Fsp3) is 1.00. The molecule has 1 heterocycles. The van der Waals surface area contributed by atoms with Gasteiger partial charge in [-0.15, -0.1) is 0 Å². The summed E-state index contributed by atoms with van der Waals surface area (Å²) in [4.78, 5) is 2.58. The summed E-state index contributed by atoms with van der Waals surface area (Å²) in [5, 5.41) is 31.8. The van der Waals surface area contributed by atoms with Crippen LogP contribution in [0.25, 0.3) is 10.4 Å². The molecule has 1 saturated heterocycles. The van der Waals surface area contributed by atoms with Gasteiger partial charge >= 0.3 is 0 Å². The molecule has 0 amide bonds. The quantitative estimate of drug-likeness (QED) is 0.262. The van der Waals surface area contributed by atoms with Crippen LogP contribution in [0.5, 0.6) is 0 Å². The van der Waals surface area contributed by atoms with Gasteiger partial charge < -0.3 is 24.8 Å². The van der Waals surface area contributed by atoms with Crippen LogP contribution in [0.4, 0.5) is 0 Å². The van der Waals surface area contributed by atoms with E-state index in [2.05, 4.69) is 10.0 Å². The summed E-state index contributed by atoms with van der Waals surface area (Å²) in [6.45, 7) is 2.10. The minimum absolute atomic E-state index is 0.232. The van der Waals surface area contributed by atoms with E-state index in [4.69, 9.17) is 15.0 Å². The molecule has 17 heavy (non-hydrogen) atoms. The summed E-state index contributed by atoms with van der Waals surface area (Å²) in [7, 11) is 0. The Morgan fingerprint density at radius 3 is 2.65 bits per heavy atom. The molecule has 0 radical (unpaired) electrons. The van der Waals surface area contributed by atoms with Crippen molar-refractivity contribution in [2.75, 3.05) is 13.2 Å². The maximum atomic E-state index is 9.59. The van der Waals surface area contributed by atoms with Crippen LogP contribution in [0.2, 0.25) is 0 Å². The fourth-order valence-corrected chi connectivity index (χ4v) is 1.53. The van der Waals surface area contributed by atoms with E-state index in [1.807, 2.05) is 0 Å². The lowest BCUT2D eigenvalue weighted by molar-refractivity contribution is -0.293. The van der Waals surface area contributed by atoms with Gasteiger partial charge in [-0.25, -0.2) is 0 Å². The zero-order valence-electron chi connectivity index (χ0n) is 9.51. The Morgan fingerprint density at radius 2 is 2.00 bits per heavy atom. The molecular formula is C9H17N3O5. The molecule has 2 unspecified atom stereocenters. The molecule has 0 aromatic rings. The van der Waals surface area contributed by atoms with Crippen molar-refractivity contribution in [2.24, 2.45) is 5.11 Å². The van der Waals surface area contributed by atoms with Crippen LogP contribution in [-0.4, -0.2) is 59.2 Å². The normalized spacial score (nSPS) is 37.5. The Bertz CT molecular complexity index is 284. The van der Waals surface area contributed by atoms with Gasteiger partial charge in [0.1, 0.15) is 18.3 Å². The van der Waals surface area contributed by atoms with Gasteiger partial charge in [-0.05, 0) is 18.9 Å². The van der Waals surface area contributed by atoms with Crippen molar-refractivity contribution in [2.45, 2.75) is 44.1 Å². The van der Waals surface area contributed by atoms with Crippen molar-refractivity contribution < 1.29 is 24.8 Å². The largest absolute Gasteiger partial charge is 0.388 e. The van der Waals surface area contributed by atoms with E-state index in [-0.39, 0.29) is 6.61 Å². The van der Waals surface area contributed by atoms with Crippen molar-refractivity contribution in [3.63, 3.8) is 0 Å². The van der Waals surface area contributed by atoms with E-state index in [1.54, 1.807) is 6.92 Å². The van der Waals surface area contributed by atoms with Crippen molar-refractivity contribution in [3.05, 3.63) is 10.4 Å². The number of azide groups is 1. The van der Waals surface area contributed by atoms with E-state index < -0.39 is 30.7 Å². The minimum Gasteiger partial charge on any atom is -0.388 e. The van der Waals surface area contributed by atoms with Crippen molar-refractivity contribution >= 4 is 0 Å². The first-order chi connectivity index (χ1) is 8.07. The molecule has 1 fully saturated rings. The molecule has 8 heteroatoms. The molecule has 0 aliphatic carbocycles. The summed E-state index contributed by atoms with van der Waals surface area (Å²) in [6, 6.07) is 0. The van der Waals surface area contributed by atoms with Gasteiger partial charge in [-0.1, -0.05) is 5.11 Å². The number of hydrogen-bond acceptors (Lipinski definition) is 6. The average Bonchev–Trinajstić information content (AvgIpc) is 2.32. The summed E-state index contributed by atoms with van der Waals surface area (Å²) in [5.41, 5.74) is 8.05. The summed E-state index contributed by atoms with van der Waals surface area (Å²) >= 11 is 0. The maximum Gasteiger partial charge on any atom is 0.186 e. The molecule has 0 saturated carbocycles. The zero-order valence-corrected chi connectivity index (χ0v) is 9.51. The SMILES string of the molecule is CC1O[C@@H](OCCCN=[N+]=[N-])C(O)[C@@H](O)[C@H]1O. The molecule has 0 aromatic carbocycles. The highest BCUT2D eigenvalue weighted by Crippen LogP contribution is 2.21. The number of aliphatic hydroxyl groups is 3. The predicted octanol–water partition coefficient (Wildman–Crippen LogP) is -0.469. The number of aliphatic hydroxyl groups excluding tert-OH is 3. The third kappa shape index (κ3) is 3.81. The van der Waals surface area contributed by atoms with E-state index in [1.165, 1.54) is 0 Å². The zero-order chi connectivity index (χ0) is 12.8. The van der Waals surface area contributed by atoms with E-state index in [0.29, 0.717) is 13.0 Å². The second-order valence-corrected chi connectivity index (χ2v) is 3.86. The first-order valence-electron chi connectivity index (χ1n) is 5.40. The number of hydrogen-bond donors (Lipinski definition) is 3. The van der Waals surface area contributed by atoms with Crippen LogP contribution in [0.3, 0.4) is 0 Å². The topological polar surface area (TPSA) is 128 Å². The minimum atomic E-state index is -1.29. The second-order valence-electron chi connectivity index (χ2n) is 3.86. The molecule has 1 aliphatic heterocycles. The molecular weight excluding hydrogens is 230 g/mol.